The molecule has 2 aromatic rings. The second kappa shape index (κ2) is 5.78. The maximum atomic E-state index is 6.04. The molecule has 0 aliphatic rings. The highest BCUT2D eigenvalue weighted by molar-refractivity contribution is 9.10. The van der Waals surface area contributed by atoms with Crippen molar-refractivity contribution in [3.05, 3.63) is 28.9 Å². The third-order valence-electron chi connectivity index (χ3n) is 2.93. The van der Waals surface area contributed by atoms with Crippen molar-refractivity contribution in [3.8, 4) is 5.75 Å². The topological polar surface area (TPSA) is 48.1 Å². The predicted octanol–water partition coefficient (Wildman–Crippen LogP) is 4.39. The highest BCUT2D eigenvalue weighted by Crippen LogP contribution is 2.33. The normalized spacial score (nSPS) is 12.9. The first-order valence-corrected chi connectivity index (χ1v) is 7.27. The van der Waals surface area contributed by atoms with E-state index in [1.165, 1.54) is 0 Å². The first-order chi connectivity index (χ1) is 8.97. The average Bonchev–Trinajstić information content (AvgIpc) is 2.32. The minimum absolute atomic E-state index is 0.131. The minimum atomic E-state index is 0.131. The van der Waals surface area contributed by atoms with E-state index in [0.717, 1.165) is 27.5 Å². The van der Waals surface area contributed by atoms with E-state index in [1.807, 2.05) is 18.2 Å². The number of hydrogen-bond acceptors (Lipinski definition) is 3. The van der Waals surface area contributed by atoms with Gasteiger partial charge in [0.1, 0.15) is 0 Å². The van der Waals surface area contributed by atoms with Gasteiger partial charge in [0.15, 0.2) is 5.75 Å². The van der Waals surface area contributed by atoms with E-state index in [9.17, 15) is 0 Å². The second-order valence-electron chi connectivity index (χ2n) is 5.26. The van der Waals surface area contributed by atoms with Gasteiger partial charge >= 0.3 is 0 Å². The lowest BCUT2D eigenvalue weighted by molar-refractivity contribution is 0.196. The van der Waals surface area contributed by atoms with Gasteiger partial charge in [-0.3, -0.25) is 4.98 Å². The van der Waals surface area contributed by atoms with Crippen LogP contribution < -0.4 is 10.5 Å². The Kier molecular flexibility index (Phi) is 4.30. The maximum absolute atomic E-state index is 6.04. The molecule has 1 heterocycles. The fourth-order valence-corrected chi connectivity index (χ4v) is 2.56. The quantitative estimate of drug-likeness (QED) is 0.907. The van der Waals surface area contributed by atoms with Gasteiger partial charge in [-0.05, 0) is 37.5 Å². The number of hydrogen-bond donors (Lipinski definition) is 1. The number of halogens is 1. The number of pyridine rings is 1. The lowest BCUT2D eigenvalue weighted by Crippen LogP contribution is -2.15. The van der Waals surface area contributed by atoms with Crippen molar-refractivity contribution in [1.29, 1.82) is 0 Å². The standard InChI is InChI=1S/C15H19BrN2O/c1-9(2)6-10(3)19-15-12-7-11(16)4-5-14(12)18-8-13(15)17/h4-5,7-10H,6,17H2,1-3H3. The number of rotatable bonds is 4. The molecular weight excluding hydrogens is 304 g/mol. The summed E-state index contributed by atoms with van der Waals surface area (Å²) in [6.45, 7) is 6.44. The summed E-state index contributed by atoms with van der Waals surface area (Å²) in [5.74, 6) is 1.33. The lowest BCUT2D eigenvalue weighted by Gasteiger charge is -2.19. The van der Waals surface area contributed by atoms with Crippen molar-refractivity contribution in [3.63, 3.8) is 0 Å². The van der Waals surface area contributed by atoms with Crippen LogP contribution in [-0.2, 0) is 0 Å². The number of fused-ring (bicyclic) bond motifs is 1. The third-order valence-corrected chi connectivity index (χ3v) is 3.42. The van der Waals surface area contributed by atoms with Gasteiger partial charge in [-0.1, -0.05) is 29.8 Å². The smallest absolute Gasteiger partial charge is 0.153 e. The minimum Gasteiger partial charge on any atom is -0.488 e. The molecule has 2 rings (SSSR count). The Morgan fingerprint density at radius 2 is 2.05 bits per heavy atom. The number of ether oxygens (including phenoxy) is 1. The molecule has 0 radical (unpaired) electrons. The molecule has 3 nitrogen and oxygen atoms in total. The van der Waals surface area contributed by atoms with E-state index in [0.29, 0.717) is 11.6 Å². The SMILES string of the molecule is CC(C)CC(C)Oc1c(N)cnc2ccc(Br)cc12. The third kappa shape index (κ3) is 3.38. The van der Waals surface area contributed by atoms with Gasteiger partial charge in [0.05, 0.1) is 23.5 Å². The largest absolute Gasteiger partial charge is 0.488 e. The molecule has 102 valence electrons. The van der Waals surface area contributed by atoms with Gasteiger partial charge in [0.2, 0.25) is 0 Å². The molecule has 1 aromatic carbocycles. The van der Waals surface area contributed by atoms with Gasteiger partial charge in [-0.2, -0.15) is 0 Å². The summed E-state index contributed by atoms with van der Waals surface area (Å²) in [5, 5.41) is 0.949. The highest BCUT2D eigenvalue weighted by atomic mass is 79.9. The Labute approximate surface area is 122 Å². The summed E-state index contributed by atoms with van der Waals surface area (Å²) >= 11 is 3.47. The monoisotopic (exact) mass is 322 g/mol. The second-order valence-corrected chi connectivity index (χ2v) is 6.18. The molecule has 19 heavy (non-hydrogen) atoms. The van der Waals surface area contributed by atoms with Gasteiger partial charge < -0.3 is 10.5 Å². The van der Waals surface area contributed by atoms with Gasteiger partial charge in [-0.15, -0.1) is 0 Å². The molecule has 2 N–H and O–H groups in total. The Balaban J connectivity index is 2.40. The van der Waals surface area contributed by atoms with Crippen LogP contribution in [-0.4, -0.2) is 11.1 Å². The van der Waals surface area contributed by atoms with E-state index in [1.54, 1.807) is 6.20 Å². The van der Waals surface area contributed by atoms with Crippen molar-refractivity contribution < 1.29 is 4.74 Å². The number of benzene rings is 1. The van der Waals surface area contributed by atoms with Crippen molar-refractivity contribution in [2.45, 2.75) is 33.3 Å². The van der Waals surface area contributed by atoms with E-state index >= 15 is 0 Å². The van der Waals surface area contributed by atoms with Crippen molar-refractivity contribution >= 4 is 32.5 Å². The van der Waals surface area contributed by atoms with Crippen molar-refractivity contribution in [1.82, 2.24) is 4.98 Å². The molecule has 0 saturated carbocycles. The molecule has 1 atom stereocenters. The molecule has 0 saturated heterocycles. The Morgan fingerprint density at radius 1 is 1.32 bits per heavy atom. The first-order valence-electron chi connectivity index (χ1n) is 6.47. The summed E-state index contributed by atoms with van der Waals surface area (Å²) in [5.41, 5.74) is 7.49. The van der Waals surface area contributed by atoms with E-state index in [4.69, 9.17) is 10.5 Å². The van der Waals surface area contributed by atoms with Crippen molar-refractivity contribution in [2.24, 2.45) is 5.92 Å². The summed E-state index contributed by atoms with van der Waals surface area (Å²) in [6, 6.07) is 5.92. The van der Waals surface area contributed by atoms with Crippen molar-refractivity contribution in [2.75, 3.05) is 5.73 Å². The molecule has 0 fully saturated rings. The fourth-order valence-electron chi connectivity index (χ4n) is 2.20. The first kappa shape index (κ1) is 14.1. The maximum Gasteiger partial charge on any atom is 0.153 e. The number of nitrogens with zero attached hydrogens (tertiary/aromatic N) is 1. The van der Waals surface area contributed by atoms with Crippen LogP contribution in [0.3, 0.4) is 0 Å². The van der Waals surface area contributed by atoms with Crippen LogP contribution in [0.5, 0.6) is 5.75 Å². The summed E-state index contributed by atoms with van der Waals surface area (Å²) < 4.78 is 7.03. The predicted molar refractivity (Wildman–Crippen MR) is 83.4 cm³/mol. The van der Waals surface area contributed by atoms with Gasteiger partial charge in [0.25, 0.3) is 0 Å². The van der Waals surface area contributed by atoms with E-state index in [-0.39, 0.29) is 6.10 Å². The van der Waals surface area contributed by atoms with Gasteiger partial charge in [0, 0.05) is 9.86 Å². The zero-order valence-electron chi connectivity index (χ0n) is 11.5. The summed E-state index contributed by atoms with van der Waals surface area (Å²) in [7, 11) is 0. The van der Waals surface area contributed by atoms with Crippen LogP contribution in [0.1, 0.15) is 27.2 Å². The van der Waals surface area contributed by atoms with Gasteiger partial charge in [-0.25, -0.2) is 0 Å². The lowest BCUT2D eigenvalue weighted by atomic mass is 10.1. The average molecular weight is 323 g/mol. The van der Waals surface area contributed by atoms with Crippen LogP contribution in [0.25, 0.3) is 10.9 Å². The highest BCUT2D eigenvalue weighted by Gasteiger charge is 2.13. The molecule has 0 bridgehead atoms. The number of nitrogen functional groups attached to an aromatic ring is 1. The summed E-state index contributed by atoms with van der Waals surface area (Å²) in [4.78, 5) is 4.32. The van der Waals surface area contributed by atoms with Crippen LogP contribution in [0.4, 0.5) is 5.69 Å². The van der Waals surface area contributed by atoms with Crippen LogP contribution in [0, 0.1) is 5.92 Å². The molecule has 1 aromatic heterocycles. The Hall–Kier alpha value is -1.29. The van der Waals surface area contributed by atoms with Crippen LogP contribution >= 0.6 is 15.9 Å². The van der Waals surface area contributed by atoms with E-state index < -0.39 is 0 Å². The molecule has 4 heteroatoms. The molecule has 0 aliphatic carbocycles. The molecule has 0 amide bonds. The number of nitrogens with two attached hydrogens (primary N) is 1. The number of aromatic nitrogens is 1. The van der Waals surface area contributed by atoms with Crippen LogP contribution in [0.15, 0.2) is 28.9 Å². The van der Waals surface area contributed by atoms with E-state index in [2.05, 4.69) is 41.7 Å². The molecule has 0 spiro atoms. The molecule has 0 aliphatic heterocycles. The molecular formula is C15H19BrN2O. The zero-order valence-corrected chi connectivity index (χ0v) is 13.1. The Bertz CT molecular complexity index is 578. The Morgan fingerprint density at radius 3 is 2.74 bits per heavy atom. The number of anilines is 1. The summed E-state index contributed by atoms with van der Waals surface area (Å²) in [6.07, 6.45) is 2.79. The molecule has 1 unspecified atom stereocenters. The fraction of sp³-hybridized carbons (Fsp3) is 0.400. The zero-order chi connectivity index (χ0) is 14.0. The van der Waals surface area contributed by atoms with Crippen LogP contribution in [0.2, 0.25) is 0 Å².